The molecular formula is C18H26IN. The van der Waals surface area contributed by atoms with Gasteiger partial charge in [-0.15, -0.1) is 0 Å². The van der Waals surface area contributed by atoms with Crippen molar-refractivity contribution in [1.29, 1.82) is 0 Å². The molecule has 20 heavy (non-hydrogen) atoms. The minimum Gasteiger partial charge on any atom is -0.314 e. The van der Waals surface area contributed by atoms with Crippen molar-refractivity contribution in [2.45, 2.75) is 52.0 Å². The fourth-order valence-electron chi connectivity index (χ4n) is 4.47. The fraction of sp³-hybridized carbons (Fsp3) is 0.667. The summed E-state index contributed by atoms with van der Waals surface area (Å²) in [6, 6.07) is 9.79. The van der Waals surface area contributed by atoms with Crippen LogP contribution in [0.4, 0.5) is 0 Å². The Morgan fingerprint density at radius 2 is 2.00 bits per heavy atom. The first-order valence-corrected chi connectivity index (χ1v) is 9.13. The van der Waals surface area contributed by atoms with E-state index >= 15 is 0 Å². The Bertz CT molecular complexity index is 453. The van der Waals surface area contributed by atoms with Crippen molar-refractivity contribution in [3.05, 3.63) is 33.4 Å². The van der Waals surface area contributed by atoms with Crippen molar-refractivity contribution in [2.75, 3.05) is 6.54 Å². The van der Waals surface area contributed by atoms with Crippen molar-refractivity contribution in [3.63, 3.8) is 0 Å². The largest absolute Gasteiger partial charge is 0.314 e. The van der Waals surface area contributed by atoms with Crippen molar-refractivity contribution >= 4 is 22.6 Å². The van der Waals surface area contributed by atoms with Crippen LogP contribution in [0, 0.1) is 20.8 Å². The molecule has 2 fully saturated rings. The van der Waals surface area contributed by atoms with E-state index in [2.05, 4.69) is 66.0 Å². The molecule has 2 heteroatoms. The monoisotopic (exact) mass is 383 g/mol. The first kappa shape index (κ1) is 14.8. The molecule has 1 nitrogen and oxygen atoms in total. The highest BCUT2D eigenvalue weighted by Crippen LogP contribution is 2.57. The molecule has 110 valence electrons. The van der Waals surface area contributed by atoms with Gasteiger partial charge in [-0.3, -0.25) is 0 Å². The van der Waals surface area contributed by atoms with E-state index in [0.717, 1.165) is 11.8 Å². The highest BCUT2D eigenvalue weighted by molar-refractivity contribution is 14.1. The molecule has 3 atom stereocenters. The number of halogens is 1. The van der Waals surface area contributed by atoms with Crippen LogP contribution in [0.5, 0.6) is 0 Å². The van der Waals surface area contributed by atoms with Gasteiger partial charge in [-0.2, -0.15) is 0 Å². The van der Waals surface area contributed by atoms with E-state index in [0.29, 0.717) is 11.5 Å². The topological polar surface area (TPSA) is 12.0 Å². The summed E-state index contributed by atoms with van der Waals surface area (Å²) in [6.07, 6.45) is 7.16. The first-order valence-electron chi connectivity index (χ1n) is 8.05. The zero-order valence-corrected chi connectivity index (χ0v) is 14.8. The van der Waals surface area contributed by atoms with Gasteiger partial charge in [0, 0.05) is 16.2 Å². The SMILES string of the molecule is CC(C)NCC1(Cc2ccc(I)cc2)CC2CCC1C2. The summed E-state index contributed by atoms with van der Waals surface area (Å²) >= 11 is 2.40. The zero-order valence-electron chi connectivity index (χ0n) is 12.7. The van der Waals surface area contributed by atoms with E-state index in [-0.39, 0.29) is 0 Å². The predicted molar refractivity (Wildman–Crippen MR) is 93.9 cm³/mol. The second-order valence-corrected chi connectivity index (χ2v) is 8.53. The number of rotatable bonds is 5. The molecule has 2 bridgehead atoms. The molecule has 0 heterocycles. The third kappa shape index (κ3) is 3.06. The lowest BCUT2D eigenvalue weighted by Gasteiger charge is -2.39. The quantitative estimate of drug-likeness (QED) is 0.731. The molecule has 0 aliphatic heterocycles. The zero-order chi connectivity index (χ0) is 14.2. The Labute approximate surface area is 137 Å². The van der Waals surface area contributed by atoms with Crippen LogP contribution in [0.1, 0.15) is 45.1 Å². The predicted octanol–water partition coefficient (Wildman–Crippen LogP) is 4.64. The van der Waals surface area contributed by atoms with Gasteiger partial charge in [0.1, 0.15) is 0 Å². The second-order valence-electron chi connectivity index (χ2n) is 7.28. The van der Waals surface area contributed by atoms with Crippen LogP contribution < -0.4 is 5.32 Å². The molecule has 3 unspecified atom stereocenters. The van der Waals surface area contributed by atoms with Crippen LogP contribution >= 0.6 is 22.6 Å². The second kappa shape index (κ2) is 5.96. The van der Waals surface area contributed by atoms with Crippen molar-refractivity contribution in [3.8, 4) is 0 Å². The molecule has 1 N–H and O–H groups in total. The maximum Gasteiger partial charge on any atom is 0.0130 e. The van der Waals surface area contributed by atoms with E-state index in [9.17, 15) is 0 Å². The molecule has 0 radical (unpaired) electrons. The number of hydrogen-bond acceptors (Lipinski definition) is 1. The third-order valence-corrected chi connectivity index (χ3v) is 6.15. The van der Waals surface area contributed by atoms with Crippen molar-refractivity contribution in [2.24, 2.45) is 17.3 Å². The van der Waals surface area contributed by atoms with Gasteiger partial charge in [0.05, 0.1) is 0 Å². The average molecular weight is 383 g/mol. The number of benzene rings is 1. The van der Waals surface area contributed by atoms with Gasteiger partial charge < -0.3 is 5.32 Å². The minimum absolute atomic E-state index is 0.528. The smallest absolute Gasteiger partial charge is 0.0130 e. The molecule has 1 aromatic rings. The standard InChI is InChI=1S/C18H26IN/c1-13(2)20-12-18(11-15-3-6-16(18)9-15)10-14-4-7-17(19)8-5-14/h4-5,7-8,13,15-16,20H,3,6,9-12H2,1-2H3. The van der Waals surface area contributed by atoms with Gasteiger partial charge >= 0.3 is 0 Å². The van der Waals surface area contributed by atoms with E-state index < -0.39 is 0 Å². The summed E-state index contributed by atoms with van der Waals surface area (Å²) in [4.78, 5) is 0. The summed E-state index contributed by atoms with van der Waals surface area (Å²) in [5.74, 6) is 1.97. The Morgan fingerprint density at radius 3 is 2.55 bits per heavy atom. The van der Waals surface area contributed by atoms with E-state index in [1.807, 2.05) is 0 Å². The fourth-order valence-corrected chi connectivity index (χ4v) is 4.83. The Kier molecular flexibility index (Phi) is 4.42. The van der Waals surface area contributed by atoms with Gasteiger partial charge in [-0.1, -0.05) is 32.4 Å². The molecule has 3 rings (SSSR count). The molecule has 0 spiro atoms. The third-order valence-electron chi connectivity index (χ3n) is 5.43. The maximum atomic E-state index is 3.74. The summed E-state index contributed by atoms with van der Waals surface area (Å²) in [5, 5.41) is 3.74. The summed E-state index contributed by atoms with van der Waals surface area (Å²) in [7, 11) is 0. The molecule has 2 saturated carbocycles. The van der Waals surface area contributed by atoms with Crippen molar-refractivity contribution in [1.82, 2.24) is 5.32 Å². The summed E-state index contributed by atoms with van der Waals surface area (Å²) in [6.45, 7) is 5.75. The average Bonchev–Trinajstić information content (AvgIpc) is 3.00. The molecule has 0 saturated heterocycles. The number of fused-ring (bicyclic) bond motifs is 2. The Balaban J connectivity index is 1.77. The maximum absolute atomic E-state index is 3.74. The van der Waals surface area contributed by atoms with Crippen LogP contribution in [0.3, 0.4) is 0 Å². The first-order chi connectivity index (χ1) is 9.57. The van der Waals surface area contributed by atoms with E-state index in [1.165, 1.54) is 47.8 Å². The van der Waals surface area contributed by atoms with Gasteiger partial charge in [-0.05, 0) is 83.2 Å². The molecule has 2 aliphatic rings. The highest BCUT2D eigenvalue weighted by Gasteiger charge is 2.50. The molecule has 0 aromatic heterocycles. The molecule has 1 aromatic carbocycles. The molecular weight excluding hydrogens is 357 g/mol. The van der Waals surface area contributed by atoms with Crippen LogP contribution in [0.2, 0.25) is 0 Å². The summed E-state index contributed by atoms with van der Waals surface area (Å²) < 4.78 is 1.34. The van der Waals surface area contributed by atoms with Gasteiger partial charge in [0.25, 0.3) is 0 Å². The van der Waals surface area contributed by atoms with E-state index in [1.54, 1.807) is 0 Å². The minimum atomic E-state index is 0.528. The van der Waals surface area contributed by atoms with Crippen LogP contribution in [0.25, 0.3) is 0 Å². The lowest BCUT2D eigenvalue weighted by molar-refractivity contribution is 0.152. The van der Waals surface area contributed by atoms with Crippen LogP contribution in [-0.2, 0) is 6.42 Å². The van der Waals surface area contributed by atoms with E-state index in [4.69, 9.17) is 0 Å². The highest BCUT2D eigenvalue weighted by atomic mass is 127. The lowest BCUT2D eigenvalue weighted by Crippen LogP contribution is -2.42. The summed E-state index contributed by atoms with van der Waals surface area (Å²) in [5.41, 5.74) is 2.06. The lowest BCUT2D eigenvalue weighted by atomic mass is 9.69. The van der Waals surface area contributed by atoms with Gasteiger partial charge in [0.2, 0.25) is 0 Å². The van der Waals surface area contributed by atoms with Crippen LogP contribution in [0.15, 0.2) is 24.3 Å². The van der Waals surface area contributed by atoms with Gasteiger partial charge in [-0.25, -0.2) is 0 Å². The molecule has 0 amide bonds. The van der Waals surface area contributed by atoms with Crippen LogP contribution in [-0.4, -0.2) is 12.6 Å². The number of hydrogen-bond donors (Lipinski definition) is 1. The Hall–Kier alpha value is -0.0900. The van der Waals surface area contributed by atoms with Crippen molar-refractivity contribution < 1.29 is 0 Å². The number of nitrogens with one attached hydrogen (secondary N) is 1. The molecule has 2 aliphatic carbocycles. The van der Waals surface area contributed by atoms with Gasteiger partial charge in [0.15, 0.2) is 0 Å². The normalized spacial score (nSPS) is 32.2. The Morgan fingerprint density at radius 1 is 1.25 bits per heavy atom.